The first-order chi connectivity index (χ1) is 13.1. The summed E-state index contributed by atoms with van der Waals surface area (Å²) >= 11 is 9.23. The van der Waals surface area contributed by atoms with E-state index in [4.69, 9.17) is 16.3 Å². The number of amides is 1. The van der Waals surface area contributed by atoms with Crippen LogP contribution in [-0.4, -0.2) is 23.3 Å². The minimum atomic E-state index is -0.215. The first kappa shape index (κ1) is 19.7. The second kappa shape index (κ2) is 9.26. The summed E-state index contributed by atoms with van der Waals surface area (Å²) in [5.74, 6) is 1.42. The van der Waals surface area contributed by atoms with Crippen LogP contribution in [0.3, 0.4) is 0 Å². The van der Waals surface area contributed by atoms with Gasteiger partial charge in [0.25, 0.3) is 0 Å². The van der Waals surface area contributed by atoms with E-state index in [0.717, 1.165) is 22.0 Å². The normalized spacial score (nSPS) is 11.8. The molecule has 3 rings (SSSR count). The summed E-state index contributed by atoms with van der Waals surface area (Å²) in [5, 5.41) is 6.18. The number of thioether (sulfide) groups is 1. The van der Waals surface area contributed by atoms with Crippen LogP contribution in [0.2, 0.25) is 5.02 Å². The smallest absolute Gasteiger partial charge is 0.237 e. The van der Waals surface area contributed by atoms with Crippen molar-refractivity contribution in [1.29, 1.82) is 0 Å². The molecule has 1 atom stereocenters. The molecule has 3 aromatic rings. The van der Waals surface area contributed by atoms with Gasteiger partial charge in [0.1, 0.15) is 10.8 Å². The summed E-state index contributed by atoms with van der Waals surface area (Å²) in [4.78, 5) is 17.0. The fraction of sp³-hybridized carbons (Fsp3) is 0.200. The Labute approximate surface area is 171 Å². The monoisotopic (exact) mass is 418 g/mol. The minimum absolute atomic E-state index is 0.0706. The molecule has 0 unspecified atom stereocenters. The molecular weight excluding hydrogens is 400 g/mol. The maximum Gasteiger partial charge on any atom is 0.237 e. The molecular formula is C20H19ClN2O2S2. The van der Waals surface area contributed by atoms with E-state index < -0.39 is 0 Å². The van der Waals surface area contributed by atoms with Crippen molar-refractivity contribution in [2.45, 2.75) is 17.9 Å². The van der Waals surface area contributed by atoms with Gasteiger partial charge in [0.15, 0.2) is 0 Å². The second-order valence-electron chi connectivity index (χ2n) is 5.79. The summed E-state index contributed by atoms with van der Waals surface area (Å²) in [5.41, 5.74) is 2.65. The quantitative estimate of drug-likeness (QED) is 0.532. The molecule has 1 aromatic heterocycles. The molecule has 140 valence electrons. The van der Waals surface area contributed by atoms with E-state index in [0.29, 0.717) is 16.5 Å². The van der Waals surface area contributed by atoms with Crippen LogP contribution in [0.5, 0.6) is 5.75 Å². The van der Waals surface area contributed by atoms with Gasteiger partial charge in [0.05, 0.1) is 28.8 Å². The van der Waals surface area contributed by atoms with E-state index >= 15 is 0 Å². The van der Waals surface area contributed by atoms with Crippen molar-refractivity contribution >= 4 is 46.3 Å². The summed E-state index contributed by atoms with van der Waals surface area (Å²) < 4.78 is 5.18. The van der Waals surface area contributed by atoms with Crippen molar-refractivity contribution in [3.8, 4) is 16.3 Å². The molecule has 4 nitrogen and oxygen atoms in total. The second-order valence-corrected chi connectivity index (χ2v) is 8.39. The summed E-state index contributed by atoms with van der Waals surface area (Å²) in [6.45, 7) is 1.88. The van der Waals surface area contributed by atoms with Crippen molar-refractivity contribution < 1.29 is 9.53 Å². The van der Waals surface area contributed by atoms with Crippen LogP contribution in [0.15, 0.2) is 53.9 Å². The van der Waals surface area contributed by atoms with Gasteiger partial charge in [-0.05, 0) is 43.3 Å². The number of hydrogen-bond donors (Lipinski definition) is 1. The average molecular weight is 419 g/mol. The van der Waals surface area contributed by atoms with Gasteiger partial charge in [-0.3, -0.25) is 4.79 Å². The topological polar surface area (TPSA) is 51.2 Å². The molecule has 27 heavy (non-hydrogen) atoms. The molecule has 0 bridgehead atoms. The number of nitrogens with zero attached hydrogens (tertiary/aromatic N) is 1. The van der Waals surface area contributed by atoms with Gasteiger partial charge in [-0.1, -0.05) is 23.7 Å². The van der Waals surface area contributed by atoms with Gasteiger partial charge < -0.3 is 10.1 Å². The van der Waals surface area contributed by atoms with E-state index in [2.05, 4.69) is 10.3 Å². The molecule has 0 fully saturated rings. The van der Waals surface area contributed by atoms with Crippen molar-refractivity contribution in [3.05, 3.63) is 64.6 Å². The van der Waals surface area contributed by atoms with Crippen LogP contribution >= 0.6 is 34.7 Å². The predicted octanol–water partition coefficient (Wildman–Crippen LogP) is 5.73. The maximum absolute atomic E-state index is 12.4. The lowest BCUT2D eigenvalue weighted by molar-refractivity contribution is -0.115. The van der Waals surface area contributed by atoms with Crippen molar-refractivity contribution in [1.82, 2.24) is 4.98 Å². The van der Waals surface area contributed by atoms with Gasteiger partial charge in [-0.15, -0.1) is 23.1 Å². The fourth-order valence-electron chi connectivity index (χ4n) is 2.32. The number of ether oxygens (including phenoxy) is 1. The highest BCUT2D eigenvalue weighted by atomic mass is 35.5. The number of methoxy groups -OCH3 is 1. The first-order valence-electron chi connectivity index (χ1n) is 8.32. The van der Waals surface area contributed by atoms with Crippen LogP contribution in [0, 0.1) is 0 Å². The Kier molecular flexibility index (Phi) is 6.77. The SMILES string of the molecule is COc1ccc(-c2nc(CS[C@@H](C)C(=O)Nc3ccccc3Cl)cs2)cc1. The molecule has 0 radical (unpaired) electrons. The number of carbonyl (C=O) groups excluding carboxylic acids is 1. The molecule has 7 heteroatoms. The summed E-state index contributed by atoms with van der Waals surface area (Å²) in [7, 11) is 1.65. The standard InChI is InChI=1S/C20H19ClN2O2S2/c1-13(19(24)23-18-6-4-3-5-17(18)21)26-11-15-12-27-20(22-15)14-7-9-16(25-2)10-8-14/h3-10,12-13H,11H2,1-2H3,(H,23,24)/t13-/m0/s1. The van der Waals surface area contributed by atoms with Crippen LogP contribution < -0.4 is 10.1 Å². The number of para-hydroxylation sites is 1. The first-order valence-corrected chi connectivity index (χ1v) is 10.6. The van der Waals surface area contributed by atoms with Gasteiger partial charge in [0.2, 0.25) is 5.91 Å². The molecule has 0 aliphatic carbocycles. The molecule has 1 heterocycles. The molecule has 0 aliphatic heterocycles. The van der Waals surface area contributed by atoms with Crippen molar-refractivity contribution in [3.63, 3.8) is 0 Å². The zero-order chi connectivity index (χ0) is 19.2. The van der Waals surface area contributed by atoms with E-state index in [1.165, 1.54) is 0 Å². The Morgan fingerprint density at radius 3 is 2.70 bits per heavy atom. The molecule has 0 aliphatic rings. The van der Waals surface area contributed by atoms with Crippen LogP contribution in [-0.2, 0) is 10.5 Å². The molecule has 0 spiro atoms. The number of thiazole rings is 1. The number of nitrogens with one attached hydrogen (secondary N) is 1. The van der Waals surface area contributed by atoms with Gasteiger partial charge >= 0.3 is 0 Å². The van der Waals surface area contributed by atoms with E-state index in [9.17, 15) is 4.79 Å². The van der Waals surface area contributed by atoms with Crippen molar-refractivity contribution in [2.24, 2.45) is 0 Å². The van der Waals surface area contributed by atoms with E-state index in [-0.39, 0.29) is 11.2 Å². The lowest BCUT2D eigenvalue weighted by Gasteiger charge is -2.12. The van der Waals surface area contributed by atoms with Gasteiger partial charge in [-0.2, -0.15) is 0 Å². The molecule has 0 saturated carbocycles. The molecule has 0 saturated heterocycles. The average Bonchev–Trinajstić information content (AvgIpc) is 3.17. The number of carbonyl (C=O) groups is 1. The zero-order valence-corrected chi connectivity index (χ0v) is 17.3. The van der Waals surface area contributed by atoms with Crippen molar-refractivity contribution in [2.75, 3.05) is 12.4 Å². The van der Waals surface area contributed by atoms with Gasteiger partial charge in [-0.25, -0.2) is 4.98 Å². The Morgan fingerprint density at radius 1 is 1.26 bits per heavy atom. The number of hydrogen-bond acceptors (Lipinski definition) is 5. The predicted molar refractivity (Wildman–Crippen MR) is 115 cm³/mol. The number of anilines is 1. The highest BCUT2D eigenvalue weighted by molar-refractivity contribution is 7.99. The highest BCUT2D eigenvalue weighted by Gasteiger charge is 2.16. The lowest BCUT2D eigenvalue weighted by Crippen LogP contribution is -2.22. The number of rotatable bonds is 7. The number of halogens is 1. The van der Waals surface area contributed by atoms with Crippen LogP contribution in [0.1, 0.15) is 12.6 Å². The Hall–Kier alpha value is -2.02. The zero-order valence-electron chi connectivity index (χ0n) is 14.9. The fourth-order valence-corrected chi connectivity index (χ4v) is 4.22. The van der Waals surface area contributed by atoms with E-state index in [1.807, 2.05) is 48.7 Å². The van der Waals surface area contributed by atoms with Gasteiger partial charge in [0, 0.05) is 16.7 Å². The summed E-state index contributed by atoms with van der Waals surface area (Å²) in [6.07, 6.45) is 0. The Balaban J connectivity index is 1.56. The maximum atomic E-state index is 12.4. The number of benzene rings is 2. The van der Waals surface area contributed by atoms with Crippen LogP contribution in [0.25, 0.3) is 10.6 Å². The third kappa shape index (κ3) is 5.25. The van der Waals surface area contributed by atoms with Crippen LogP contribution in [0.4, 0.5) is 5.69 Å². The molecule has 2 aromatic carbocycles. The third-order valence-corrected chi connectivity index (χ3v) is 6.32. The summed E-state index contributed by atoms with van der Waals surface area (Å²) in [6, 6.07) is 15.1. The minimum Gasteiger partial charge on any atom is -0.497 e. The Morgan fingerprint density at radius 2 is 2.00 bits per heavy atom. The number of aromatic nitrogens is 1. The molecule has 1 amide bonds. The largest absolute Gasteiger partial charge is 0.497 e. The Bertz CT molecular complexity index is 912. The lowest BCUT2D eigenvalue weighted by atomic mass is 10.2. The highest BCUT2D eigenvalue weighted by Crippen LogP contribution is 2.28. The van der Waals surface area contributed by atoms with E-state index in [1.54, 1.807) is 42.3 Å². The third-order valence-electron chi connectivity index (χ3n) is 3.87. The molecule has 1 N–H and O–H groups in total.